The lowest BCUT2D eigenvalue weighted by Crippen LogP contribution is -2.19. The first-order valence-electron chi connectivity index (χ1n) is 6.03. The summed E-state index contributed by atoms with van der Waals surface area (Å²) in [7, 11) is -2.20. The molecule has 110 valence electrons. The molecule has 2 rings (SSSR count). The van der Waals surface area contributed by atoms with Crippen LogP contribution < -0.4 is 10.0 Å². The maximum Gasteiger partial charge on any atom is 0.256 e. The van der Waals surface area contributed by atoms with Crippen molar-refractivity contribution in [3.8, 4) is 0 Å². The number of hydrogen-bond acceptors (Lipinski definition) is 3. The van der Waals surface area contributed by atoms with Crippen LogP contribution in [0.4, 0.5) is 5.69 Å². The summed E-state index contributed by atoms with van der Waals surface area (Å²) in [4.78, 5) is 12.3. The lowest BCUT2D eigenvalue weighted by Gasteiger charge is -2.08. The van der Waals surface area contributed by atoms with Crippen molar-refractivity contribution in [2.45, 2.75) is 4.90 Å². The second-order valence-electron chi connectivity index (χ2n) is 4.17. The SMILES string of the molecule is CNS(=O)(=O)c1cccc(NC(=O)c2ccccc2Br)c1. The molecule has 2 aromatic rings. The Balaban J connectivity index is 2.27. The summed E-state index contributed by atoms with van der Waals surface area (Å²) >= 11 is 3.30. The van der Waals surface area contributed by atoms with Crippen molar-refractivity contribution in [1.82, 2.24) is 4.72 Å². The fourth-order valence-corrected chi connectivity index (χ4v) is 2.94. The van der Waals surface area contributed by atoms with Crippen LogP contribution in [0.25, 0.3) is 0 Å². The smallest absolute Gasteiger partial charge is 0.256 e. The van der Waals surface area contributed by atoms with E-state index in [4.69, 9.17) is 0 Å². The quantitative estimate of drug-likeness (QED) is 0.870. The fraction of sp³-hybridized carbons (Fsp3) is 0.0714. The average molecular weight is 369 g/mol. The molecular formula is C14H13BrN2O3S. The first kappa shape index (κ1) is 15.7. The zero-order valence-corrected chi connectivity index (χ0v) is 13.5. The van der Waals surface area contributed by atoms with Crippen LogP contribution in [0, 0.1) is 0 Å². The number of amides is 1. The van der Waals surface area contributed by atoms with Crippen LogP contribution in [-0.2, 0) is 10.0 Å². The Morgan fingerprint density at radius 2 is 1.81 bits per heavy atom. The highest BCUT2D eigenvalue weighted by Crippen LogP contribution is 2.19. The van der Waals surface area contributed by atoms with Crippen molar-refractivity contribution in [3.05, 3.63) is 58.6 Å². The summed E-state index contributed by atoms with van der Waals surface area (Å²) in [5.74, 6) is -0.318. The number of hydrogen-bond donors (Lipinski definition) is 2. The molecule has 21 heavy (non-hydrogen) atoms. The molecular weight excluding hydrogens is 356 g/mol. The van der Waals surface area contributed by atoms with Crippen LogP contribution >= 0.6 is 15.9 Å². The van der Waals surface area contributed by atoms with Gasteiger partial charge in [0.05, 0.1) is 10.5 Å². The molecule has 0 saturated carbocycles. The Hall–Kier alpha value is -1.70. The van der Waals surface area contributed by atoms with Crippen LogP contribution in [0.5, 0.6) is 0 Å². The van der Waals surface area contributed by atoms with E-state index in [1.165, 1.54) is 19.2 Å². The van der Waals surface area contributed by atoms with Gasteiger partial charge in [-0.25, -0.2) is 13.1 Å². The molecule has 5 nitrogen and oxygen atoms in total. The van der Waals surface area contributed by atoms with Crippen molar-refractivity contribution in [1.29, 1.82) is 0 Å². The normalized spacial score (nSPS) is 11.1. The lowest BCUT2D eigenvalue weighted by atomic mass is 10.2. The topological polar surface area (TPSA) is 75.3 Å². The summed E-state index contributed by atoms with van der Waals surface area (Å²) in [6.45, 7) is 0. The van der Waals surface area contributed by atoms with Gasteiger partial charge in [-0.15, -0.1) is 0 Å². The number of nitrogens with one attached hydrogen (secondary N) is 2. The van der Waals surface area contributed by atoms with E-state index < -0.39 is 10.0 Å². The minimum absolute atomic E-state index is 0.0925. The highest BCUT2D eigenvalue weighted by Gasteiger charge is 2.13. The molecule has 0 spiro atoms. The monoisotopic (exact) mass is 368 g/mol. The molecule has 0 heterocycles. The Morgan fingerprint density at radius 1 is 1.10 bits per heavy atom. The summed E-state index contributed by atoms with van der Waals surface area (Å²) in [5, 5.41) is 2.67. The summed E-state index contributed by atoms with van der Waals surface area (Å²) < 4.78 is 26.4. The second-order valence-corrected chi connectivity index (χ2v) is 6.91. The zero-order chi connectivity index (χ0) is 15.5. The summed E-state index contributed by atoms with van der Waals surface area (Å²) in [5.41, 5.74) is 0.881. The zero-order valence-electron chi connectivity index (χ0n) is 11.1. The molecule has 1 amide bonds. The Kier molecular flexibility index (Phi) is 4.76. The van der Waals surface area contributed by atoms with E-state index in [1.807, 2.05) is 0 Å². The highest BCUT2D eigenvalue weighted by atomic mass is 79.9. The molecule has 0 unspecified atom stereocenters. The van der Waals surface area contributed by atoms with Gasteiger partial charge in [0.15, 0.2) is 0 Å². The largest absolute Gasteiger partial charge is 0.322 e. The molecule has 0 saturated heterocycles. The molecule has 0 radical (unpaired) electrons. The van der Waals surface area contributed by atoms with E-state index in [1.54, 1.807) is 36.4 Å². The third-order valence-corrected chi connectivity index (χ3v) is 4.89. The lowest BCUT2D eigenvalue weighted by molar-refractivity contribution is 0.102. The van der Waals surface area contributed by atoms with Crippen molar-refractivity contribution < 1.29 is 13.2 Å². The number of sulfonamides is 1. The number of carbonyl (C=O) groups is 1. The summed E-state index contributed by atoms with van der Waals surface area (Å²) in [6.07, 6.45) is 0. The minimum Gasteiger partial charge on any atom is -0.322 e. The maximum atomic E-state index is 12.2. The van der Waals surface area contributed by atoms with Crippen LogP contribution in [0.3, 0.4) is 0 Å². The second kappa shape index (κ2) is 6.38. The van der Waals surface area contributed by atoms with E-state index in [0.717, 1.165) is 0 Å². The van der Waals surface area contributed by atoms with Crippen molar-refractivity contribution in [2.24, 2.45) is 0 Å². The number of halogens is 1. The molecule has 0 atom stereocenters. The van der Waals surface area contributed by atoms with Gasteiger partial charge in [-0.3, -0.25) is 4.79 Å². The van der Waals surface area contributed by atoms with Gasteiger partial charge in [0.2, 0.25) is 10.0 Å². The molecule has 0 fully saturated rings. The maximum absolute atomic E-state index is 12.2. The van der Waals surface area contributed by atoms with Gasteiger partial charge in [0.25, 0.3) is 5.91 Å². The van der Waals surface area contributed by atoms with Crippen LogP contribution in [0.1, 0.15) is 10.4 Å². The van der Waals surface area contributed by atoms with Gasteiger partial charge < -0.3 is 5.32 Å². The number of benzene rings is 2. The fourth-order valence-electron chi connectivity index (χ4n) is 1.70. The molecule has 0 aliphatic carbocycles. The number of anilines is 1. The van der Waals surface area contributed by atoms with Gasteiger partial charge in [-0.1, -0.05) is 18.2 Å². The number of carbonyl (C=O) groups excluding carboxylic acids is 1. The first-order valence-corrected chi connectivity index (χ1v) is 8.31. The third kappa shape index (κ3) is 3.69. The van der Waals surface area contributed by atoms with Gasteiger partial charge in [0, 0.05) is 10.2 Å². The van der Waals surface area contributed by atoms with E-state index in [0.29, 0.717) is 15.7 Å². The summed E-state index contributed by atoms with van der Waals surface area (Å²) in [6, 6.07) is 13.1. The van der Waals surface area contributed by atoms with E-state index in [-0.39, 0.29) is 10.8 Å². The predicted molar refractivity (Wildman–Crippen MR) is 84.8 cm³/mol. The van der Waals surface area contributed by atoms with E-state index in [2.05, 4.69) is 26.0 Å². The van der Waals surface area contributed by atoms with Gasteiger partial charge in [-0.2, -0.15) is 0 Å². The molecule has 7 heteroatoms. The van der Waals surface area contributed by atoms with Crippen LogP contribution in [0.15, 0.2) is 57.9 Å². The average Bonchev–Trinajstić information content (AvgIpc) is 2.48. The van der Waals surface area contributed by atoms with E-state index in [9.17, 15) is 13.2 Å². The molecule has 2 N–H and O–H groups in total. The van der Waals surface area contributed by atoms with Gasteiger partial charge in [0.1, 0.15) is 0 Å². The molecule has 0 aliphatic rings. The van der Waals surface area contributed by atoms with Crippen molar-refractivity contribution >= 4 is 37.5 Å². The third-order valence-electron chi connectivity index (χ3n) is 2.79. The molecule has 0 bridgehead atoms. The Morgan fingerprint density at radius 3 is 2.48 bits per heavy atom. The Labute approximate surface area is 131 Å². The van der Waals surface area contributed by atoms with Gasteiger partial charge >= 0.3 is 0 Å². The molecule has 0 aromatic heterocycles. The van der Waals surface area contributed by atoms with Crippen LogP contribution in [-0.4, -0.2) is 21.4 Å². The molecule has 0 aliphatic heterocycles. The highest BCUT2D eigenvalue weighted by molar-refractivity contribution is 9.10. The predicted octanol–water partition coefficient (Wildman–Crippen LogP) is 2.61. The van der Waals surface area contributed by atoms with Crippen molar-refractivity contribution in [3.63, 3.8) is 0 Å². The van der Waals surface area contributed by atoms with Crippen LogP contribution in [0.2, 0.25) is 0 Å². The standard InChI is InChI=1S/C14H13BrN2O3S/c1-16-21(19,20)11-6-4-5-10(9-11)17-14(18)12-7-2-3-8-13(12)15/h2-9,16H,1H3,(H,17,18). The van der Waals surface area contributed by atoms with E-state index >= 15 is 0 Å². The first-order chi connectivity index (χ1) is 9.94. The minimum atomic E-state index is -3.54. The Bertz CT molecular complexity index is 775. The number of rotatable bonds is 4. The molecule has 2 aromatic carbocycles. The van der Waals surface area contributed by atoms with Crippen molar-refractivity contribution in [2.75, 3.05) is 12.4 Å². The van der Waals surface area contributed by atoms with Gasteiger partial charge in [-0.05, 0) is 53.3 Å².